The number of nitrogens with one attached hydrogen (secondary N) is 1. The summed E-state index contributed by atoms with van der Waals surface area (Å²) in [7, 11) is 0. The van der Waals surface area contributed by atoms with Crippen molar-refractivity contribution in [3.8, 4) is 0 Å². The summed E-state index contributed by atoms with van der Waals surface area (Å²) in [6.45, 7) is 5.70. The first-order chi connectivity index (χ1) is 11.3. The Hall–Kier alpha value is -2.08. The van der Waals surface area contributed by atoms with E-state index in [9.17, 15) is 14.7 Å². The highest BCUT2D eigenvalue weighted by atomic mass is 16.6. The van der Waals surface area contributed by atoms with E-state index in [4.69, 9.17) is 4.74 Å². The van der Waals surface area contributed by atoms with E-state index in [1.807, 2.05) is 30.3 Å². The van der Waals surface area contributed by atoms with E-state index in [0.29, 0.717) is 13.0 Å². The van der Waals surface area contributed by atoms with Crippen molar-refractivity contribution in [2.24, 2.45) is 0 Å². The molecule has 6 heteroatoms. The first-order valence-electron chi connectivity index (χ1n) is 8.20. The number of hydrogen-bond acceptors (Lipinski definition) is 4. The summed E-state index contributed by atoms with van der Waals surface area (Å²) < 4.78 is 5.37. The molecule has 0 aromatic heterocycles. The number of hydrogen-bond donors (Lipinski definition) is 2. The van der Waals surface area contributed by atoms with Crippen LogP contribution in [-0.4, -0.2) is 46.2 Å². The van der Waals surface area contributed by atoms with Crippen LogP contribution in [0.25, 0.3) is 0 Å². The van der Waals surface area contributed by atoms with E-state index in [-0.39, 0.29) is 19.1 Å². The Balaban J connectivity index is 2.02. The zero-order chi connectivity index (χ0) is 17.8. The highest BCUT2D eigenvalue weighted by Crippen LogP contribution is 2.30. The minimum atomic E-state index is -0.958. The molecule has 1 unspecified atom stereocenters. The molecule has 0 saturated carbocycles. The van der Waals surface area contributed by atoms with Gasteiger partial charge in [0.15, 0.2) is 0 Å². The highest BCUT2D eigenvalue weighted by Gasteiger charge is 2.47. The lowest BCUT2D eigenvalue weighted by Crippen LogP contribution is -2.60. The van der Waals surface area contributed by atoms with Crippen LogP contribution in [0.15, 0.2) is 30.3 Å². The smallest absolute Gasteiger partial charge is 0.410 e. The molecule has 132 valence electrons. The van der Waals surface area contributed by atoms with Crippen LogP contribution in [0.5, 0.6) is 0 Å². The van der Waals surface area contributed by atoms with Crippen molar-refractivity contribution in [2.45, 2.75) is 51.3 Å². The van der Waals surface area contributed by atoms with Gasteiger partial charge < -0.3 is 15.2 Å². The largest absolute Gasteiger partial charge is 0.445 e. The Morgan fingerprint density at radius 1 is 1.33 bits per heavy atom. The molecular weight excluding hydrogens is 308 g/mol. The number of aliphatic hydroxyl groups excluding tert-OH is 1. The molecule has 0 bridgehead atoms. The molecule has 1 aromatic carbocycles. The third kappa shape index (κ3) is 4.06. The van der Waals surface area contributed by atoms with Gasteiger partial charge in [-0.1, -0.05) is 30.3 Å². The lowest BCUT2D eigenvalue weighted by Gasteiger charge is -2.36. The van der Waals surface area contributed by atoms with Crippen LogP contribution in [0.3, 0.4) is 0 Å². The van der Waals surface area contributed by atoms with Crippen LogP contribution in [0.1, 0.15) is 39.2 Å². The molecule has 24 heavy (non-hydrogen) atoms. The maximum atomic E-state index is 12.7. The van der Waals surface area contributed by atoms with Crippen molar-refractivity contribution in [3.05, 3.63) is 35.9 Å². The van der Waals surface area contributed by atoms with E-state index < -0.39 is 17.2 Å². The van der Waals surface area contributed by atoms with Gasteiger partial charge in [-0.25, -0.2) is 4.79 Å². The van der Waals surface area contributed by atoms with Crippen LogP contribution >= 0.6 is 0 Å². The van der Waals surface area contributed by atoms with Crippen LogP contribution in [0.4, 0.5) is 4.79 Å². The molecule has 1 aliphatic heterocycles. The van der Waals surface area contributed by atoms with Crippen molar-refractivity contribution in [1.82, 2.24) is 10.2 Å². The standard InChI is InChI=1S/C18H26N2O4/c1-17(2,13-21)19-15(22)18(3)10-7-11-20(18)16(23)24-12-14-8-5-4-6-9-14/h4-6,8-9,21H,7,10-13H2,1-3H3,(H,19,22). The SMILES string of the molecule is CC(C)(CO)NC(=O)C1(C)CCCN1C(=O)OCc1ccccc1. The molecule has 1 heterocycles. The fourth-order valence-corrected chi connectivity index (χ4v) is 2.77. The second-order valence-electron chi connectivity index (χ2n) is 7.07. The van der Waals surface area contributed by atoms with Crippen molar-refractivity contribution in [2.75, 3.05) is 13.2 Å². The third-order valence-corrected chi connectivity index (χ3v) is 4.40. The van der Waals surface area contributed by atoms with Gasteiger partial charge in [-0.15, -0.1) is 0 Å². The lowest BCUT2D eigenvalue weighted by molar-refractivity contribution is -0.132. The van der Waals surface area contributed by atoms with E-state index in [2.05, 4.69) is 5.32 Å². The monoisotopic (exact) mass is 334 g/mol. The van der Waals surface area contributed by atoms with Crippen LogP contribution in [-0.2, 0) is 16.1 Å². The minimum absolute atomic E-state index is 0.173. The number of carbonyl (C=O) groups is 2. The molecular formula is C18H26N2O4. The predicted octanol–water partition coefficient (Wildman–Crippen LogP) is 2.06. The minimum Gasteiger partial charge on any atom is -0.445 e. The molecule has 0 aliphatic carbocycles. The van der Waals surface area contributed by atoms with Crippen molar-refractivity contribution in [1.29, 1.82) is 0 Å². The van der Waals surface area contributed by atoms with Crippen LogP contribution in [0.2, 0.25) is 0 Å². The number of benzene rings is 1. The van der Waals surface area contributed by atoms with E-state index in [1.165, 1.54) is 4.90 Å². The highest BCUT2D eigenvalue weighted by molar-refractivity contribution is 5.90. The van der Waals surface area contributed by atoms with Crippen molar-refractivity contribution >= 4 is 12.0 Å². The van der Waals surface area contributed by atoms with E-state index in [1.54, 1.807) is 20.8 Å². The number of rotatable bonds is 5. The Labute approximate surface area is 142 Å². The normalized spacial score (nSPS) is 20.8. The Bertz CT molecular complexity index is 588. The van der Waals surface area contributed by atoms with Gasteiger partial charge in [0, 0.05) is 6.54 Å². The number of nitrogens with zero attached hydrogens (tertiary/aromatic N) is 1. The average Bonchev–Trinajstić information content (AvgIpc) is 2.96. The van der Waals surface area contributed by atoms with Gasteiger partial charge >= 0.3 is 6.09 Å². The lowest BCUT2D eigenvalue weighted by atomic mass is 9.95. The number of carbonyl (C=O) groups excluding carboxylic acids is 2. The van der Waals surface area contributed by atoms with Crippen LogP contribution in [0, 0.1) is 0 Å². The van der Waals surface area contributed by atoms with Gasteiger partial charge in [-0.2, -0.15) is 0 Å². The Morgan fingerprint density at radius 2 is 2.00 bits per heavy atom. The molecule has 6 nitrogen and oxygen atoms in total. The molecule has 0 spiro atoms. The number of likely N-dealkylation sites (tertiary alicyclic amines) is 1. The molecule has 1 aliphatic rings. The molecule has 1 aromatic rings. The second kappa shape index (κ2) is 7.21. The summed E-state index contributed by atoms with van der Waals surface area (Å²) >= 11 is 0. The summed E-state index contributed by atoms with van der Waals surface area (Å²) in [4.78, 5) is 26.6. The first-order valence-corrected chi connectivity index (χ1v) is 8.20. The van der Waals surface area contributed by atoms with E-state index in [0.717, 1.165) is 12.0 Å². The van der Waals surface area contributed by atoms with Crippen LogP contribution < -0.4 is 5.32 Å². The second-order valence-corrected chi connectivity index (χ2v) is 7.07. The molecule has 1 atom stereocenters. The molecule has 1 saturated heterocycles. The summed E-state index contributed by atoms with van der Waals surface area (Å²) in [5, 5.41) is 12.1. The quantitative estimate of drug-likeness (QED) is 0.864. The summed E-state index contributed by atoms with van der Waals surface area (Å²) in [6.07, 6.45) is 0.820. The van der Waals surface area contributed by atoms with Gasteiger partial charge in [0.1, 0.15) is 12.1 Å². The number of aliphatic hydroxyl groups is 1. The van der Waals surface area contributed by atoms with Gasteiger partial charge in [-0.3, -0.25) is 9.69 Å². The number of ether oxygens (including phenoxy) is 1. The zero-order valence-electron chi connectivity index (χ0n) is 14.5. The van der Waals surface area contributed by atoms with Crippen molar-refractivity contribution in [3.63, 3.8) is 0 Å². The average molecular weight is 334 g/mol. The summed E-state index contributed by atoms with van der Waals surface area (Å²) in [5.74, 6) is -0.268. The van der Waals surface area contributed by atoms with Crippen molar-refractivity contribution < 1.29 is 19.4 Å². The van der Waals surface area contributed by atoms with Gasteiger partial charge in [0.25, 0.3) is 0 Å². The van der Waals surface area contributed by atoms with Gasteiger partial charge in [-0.05, 0) is 39.2 Å². The maximum Gasteiger partial charge on any atom is 0.410 e. The fourth-order valence-electron chi connectivity index (χ4n) is 2.77. The predicted molar refractivity (Wildman–Crippen MR) is 90.3 cm³/mol. The van der Waals surface area contributed by atoms with Gasteiger partial charge in [0.2, 0.25) is 5.91 Å². The topological polar surface area (TPSA) is 78.9 Å². The first kappa shape index (κ1) is 18.3. The number of amides is 2. The summed E-state index contributed by atoms with van der Waals surface area (Å²) in [5.41, 5.74) is -0.791. The fraction of sp³-hybridized carbons (Fsp3) is 0.556. The van der Waals surface area contributed by atoms with E-state index >= 15 is 0 Å². The Morgan fingerprint density at radius 3 is 2.62 bits per heavy atom. The maximum absolute atomic E-state index is 12.7. The molecule has 2 amide bonds. The van der Waals surface area contributed by atoms with Gasteiger partial charge in [0.05, 0.1) is 12.1 Å². The Kier molecular flexibility index (Phi) is 5.49. The zero-order valence-corrected chi connectivity index (χ0v) is 14.5. The molecule has 0 radical (unpaired) electrons. The summed E-state index contributed by atoms with van der Waals surface area (Å²) in [6, 6.07) is 9.43. The molecule has 2 rings (SSSR count). The molecule has 2 N–H and O–H groups in total. The third-order valence-electron chi connectivity index (χ3n) is 4.40. The molecule has 1 fully saturated rings.